The van der Waals surface area contributed by atoms with Gasteiger partial charge < -0.3 is 20.5 Å². The molecule has 2 aromatic rings. The predicted octanol–water partition coefficient (Wildman–Crippen LogP) is 3.23. The molecular weight excluding hydrogens is 563 g/mol. The molecule has 40 heavy (non-hydrogen) atoms. The van der Waals surface area contributed by atoms with Gasteiger partial charge in [-0.2, -0.15) is 5.26 Å². The van der Waals surface area contributed by atoms with E-state index in [-0.39, 0.29) is 56.1 Å². The summed E-state index contributed by atoms with van der Waals surface area (Å²) < 4.78 is 77.6. The second kappa shape index (κ2) is 9.84. The number of nitrogens with zero attached hydrogens (tertiary/aromatic N) is 4. The zero-order valence-corrected chi connectivity index (χ0v) is 22.0. The SMILES string of the molecule is CO[C@@H]1C[C@H](C(=O)N(c2ccc(S(F)(F)(F)(F)F)cc2)C(C(=O)NCC2(N)COC2)c2cccnc2)N(C#N)C1. The smallest absolute Gasteiger partial charge is 0.310 e. The van der Waals surface area contributed by atoms with Crippen molar-refractivity contribution in [3.8, 4) is 6.19 Å². The second-order valence-corrected chi connectivity index (χ2v) is 12.2. The van der Waals surface area contributed by atoms with Crippen molar-refractivity contribution in [3.05, 3.63) is 54.4 Å². The number of nitrogens with one attached hydrogen (secondary N) is 1. The van der Waals surface area contributed by atoms with Crippen LogP contribution >= 0.6 is 10.2 Å². The van der Waals surface area contributed by atoms with Gasteiger partial charge >= 0.3 is 10.2 Å². The van der Waals surface area contributed by atoms with Crippen LogP contribution in [0.15, 0.2) is 53.7 Å². The molecule has 1 aromatic carbocycles. The van der Waals surface area contributed by atoms with Crippen LogP contribution in [0, 0.1) is 11.5 Å². The number of hydrogen-bond donors (Lipinski definition) is 2. The summed E-state index contributed by atoms with van der Waals surface area (Å²) in [5, 5.41) is 12.3. The Kier molecular flexibility index (Phi) is 7.25. The number of likely N-dealkylation sites (tertiary alicyclic amines) is 1. The van der Waals surface area contributed by atoms with Gasteiger partial charge in [0.1, 0.15) is 17.0 Å². The van der Waals surface area contributed by atoms with E-state index in [4.69, 9.17) is 15.2 Å². The molecule has 16 heteroatoms. The molecule has 2 saturated heterocycles. The highest BCUT2D eigenvalue weighted by Gasteiger charge is 2.65. The molecule has 0 spiro atoms. The standard InChI is InChI=1S/C24H27F5N6O4S/c1-38-18-9-20(34(11-18)15-30)23(37)35(17-4-6-19(7-5-17)40(25,26,27,28)29)21(16-3-2-8-32-10-16)22(36)33-12-24(31)13-39-14-24/h2-8,10,18,20-21H,9,11-14,31H2,1H3,(H,33,36)/t18-,20-,21?/m1/s1. The van der Waals surface area contributed by atoms with Crippen LogP contribution in [0.3, 0.4) is 0 Å². The van der Waals surface area contributed by atoms with E-state index in [0.29, 0.717) is 12.1 Å². The molecule has 2 fully saturated rings. The quantitative estimate of drug-likeness (QED) is 0.336. The van der Waals surface area contributed by atoms with E-state index in [1.54, 1.807) is 0 Å². The highest BCUT2D eigenvalue weighted by atomic mass is 32.5. The van der Waals surface area contributed by atoms with Gasteiger partial charge in [0.25, 0.3) is 5.91 Å². The van der Waals surface area contributed by atoms with E-state index in [1.165, 1.54) is 31.6 Å². The third-order valence-electron chi connectivity index (χ3n) is 6.71. The van der Waals surface area contributed by atoms with Crippen molar-refractivity contribution in [2.45, 2.75) is 35.0 Å². The van der Waals surface area contributed by atoms with E-state index in [1.807, 2.05) is 6.19 Å². The van der Waals surface area contributed by atoms with Crippen LogP contribution in [0.5, 0.6) is 0 Å². The van der Waals surface area contributed by atoms with Crippen molar-refractivity contribution in [1.82, 2.24) is 15.2 Å². The van der Waals surface area contributed by atoms with E-state index in [2.05, 4.69) is 10.3 Å². The maximum atomic E-state index is 14.0. The van der Waals surface area contributed by atoms with Crippen LogP contribution in [0.4, 0.5) is 25.1 Å². The first-order valence-corrected chi connectivity index (χ1v) is 13.9. The third-order valence-corrected chi connectivity index (χ3v) is 7.87. The highest BCUT2D eigenvalue weighted by Crippen LogP contribution is 3.02. The topological polar surface area (TPSA) is 134 Å². The Hall–Kier alpha value is -3.52. The lowest BCUT2D eigenvalue weighted by Crippen LogP contribution is -2.64. The van der Waals surface area contributed by atoms with Gasteiger partial charge in [0.05, 0.1) is 31.4 Å². The minimum Gasteiger partial charge on any atom is -0.379 e. The number of rotatable bonds is 9. The average Bonchev–Trinajstić information content (AvgIpc) is 3.32. The molecule has 3 heterocycles. The highest BCUT2D eigenvalue weighted by molar-refractivity contribution is 8.45. The fourth-order valence-electron chi connectivity index (χ4n) is 4.52. The zero-order chi connectivity index (χ0) is 29.4. The van der Waals surface area contributed by atoms with Crippen molar-refractivity contribution in [2.24, 2.45) is 5.73 Å². The summed E-state index contributed by atoms with van der Waals surface area (Å²) in [5.74, 6) is -1.60. The van der Waals surface area contributed by atoms with Gasteiger partial charge in [-0.15, -0.1) is 0 Å². The largest absolute Gasteiger partial charge is 0.379 e. The van der Waals surface area contributed by atoms with Gasteiger partial charge in [-0.25, -0.2) is 0 Å². The maximum absolute atomic E-state index is 14.0. The lowest BCUT2D eigenvalue weighted by atomic mass is 9.98. The Labute approximate surface area is 226 Å². The zero-order valence-electron chi connectivity index (χ0n) is 21.2. The number of hydrogen-bond acceptors (Lipinski definition) is 8. The second-order valence-electron chi connectivity index (χ2n) is 9.79. The molecule has 2 aliphatic heterocycles. The first-order chi connectivity index (χ1) is 18.5. The summed E-state index contributed by atoms with van der Waals surface area (Å²) in [7, 11) is -8.64. The van der Waals surface area contributed by atoms with Gasteiger partial charge in [-0.1, -0.05) is 25.5 Å². The van der Waals surface area contributed by atoms with Crippen LogP contribution in [0.2, 0.25) is 0 Å². The molecular formula is C24H27F5N6O4S. The number of ether oxygens (including phenoxy) is 2. The molecule has 0 bridgehead atoms. The minimum atomic E-state index is -10.0. The first-order valence-electron chi connectivity index (χ1n) is 12.0. The predicted molar refractivity (Wildman–Crippen MR) is 135 cm³/mol. The van der Waals surface area contributed by atoms with Gasteiger partial charge in [0.2, 0.25) is 5.91 Å². The number of nitrogens with two attached hydrogens (primary N) is 1. The monoisotopic (exact) mass is 590 g/mol. The van der Waals surface area contributed by atoms with Gasteiger partial charge in [0, 0.05) is 43.7 Å². The average molecular weight is 591 g/mol. The summed E-state index contributed by atoms with van der Waals surface area (Å²) >= 11 is 0. The Morgan fingerprint density at radius 1 is 1.27 bits per heavy atom. The first kappa shape index (κ1) is 29.5. The Morgan fingerprint density at radius 3 is 2.45 bits per heavy atom. The summed E-state index contributed by atoms with van der Waals surface area (Å²) in [6.07, 6.45) is 4.10. The number of aromatic nitrogens is 1. The Balaban J connectivity index is 1.81. The van der Waals surface area contributed by atoms with Crippen LogP contribution in [0.1, 0.15) is 18.0 Å². The maximum Gasteiger partial charge on any atom is 0.310 e. The molecule has 1 unspecified atom stereocenters. The van der Waals surface area contributed by atoms with Crippen molar-refractivity contribution in [3.63, 3.8) is 0 Å². The fourth-order valence-corrected chi connectivity index (χ4v) is 5.17. The van der Waals surface area contributed by atoms with Crippen LogP contribution in [0.25, 0.3) is 0 Å². The Morgan fingerprint density at radius 2 is 1.95 bits per heavy atom. The molecule has 1 aromatic heterocycles. The van der Waals surface area contributed by atoms with Crippen molar-refractivity contribution < 1.29 is 38.5 Å². The third kappa shape index (κ3) is 6.28. The number of nitriles is 1. The van der Waals surface area contributed by atoms with Crippen LogP contribution < -0.4 is 16.0 Å². The number of carbonyl (C=O) groups is 2. The van der Waals surface area contributed by atoms with Gasteiger partial charge in [-0.05, 0) is 30.3 Å². The van der Waals surface area contributed by atoms with Crippen molar-refractivity contribution >= 4 is 27.7 Å². The van der Waals surface area contributed by atoms with Crippen molar-refractivity contribution in [2.75, 3.05) is 38.3 Å². The number of benzene rings is 1. The lowest BCUT2D eigenvalue weighted by molar-refractivity contribution is -0.129. The molecule has 0 aliphatic carbocycles. The van der Waals surface area contributed by atoms with Crippen LogP contribution in [-0.2, 0) is 19.1 Å². The molecule has 0 saturated carbocycles. The molecule has 3 atom stereocenters. The summed E-state index contributed by atoms with van der Waals surface area (Å²) in [6, 6.07) is 1.97. The number of methoxy groups -OCH3 is 1. The molecule has 4 rings (SSSR count). The number of halogens is 5. The molecule has 10 nitrogen and oxygen atoms in total. The number of anilines is 1. The molecule has 2 amide bonds. The van der Waals surface area contributed by atoms with Crippen molar-refractivity contribution in [1.29, 1.82) is 5.26 Å². The molecule has 3 N–H and O–H groups in total. The summed E-state index contributed by atoms with van der Waals surface area (Å²) in [5.41, 5.74) is 5.15. The van der Waals surface area contributed by atoms with Crippen LogP contribution in [-0.4, -0.2) is 72.8 Å². The number of amides is 2. The minimum absolute atomic E-state index is 0.0353. The molecule has 2 aliphatic rings. The van der Waals surface area contributed by atoms with E-state index in [0.717, 1.165) is 9.80 Å². The normalized spacial score (nSPS) is 22.7. The molecule has 218 valence electrons. The number of pyridine rings is 1. The number of carbonyl (C=O) groups excluding carboxylic acids is 2. The Bertz CT molecular complexity index is 1310. The lowest BCUT2D eigenvalue weighted by Gasteiger charge is -2.41. The van der Waals surface area contributed by atoms with Gasteiger partial charge in [0.15, 0.2) is 6.19 Å². The van der Waals surface area contributed by atoms with Gasteiger partial charge in [-0.3, -0.25) is 24.4 Å². The summed E-state index contributed by atoms with van der Waals surface area (Å²) in [4.78, 5) is 31.5. The molecule has 0 radical (unpaired) electrons. The van der Waals surface area contributed by atoms with E-state index in [9.17, 15) is 34.3 Å². The van der Waals surface area contributed by atoms with E-state index >= 15 is 0 Å². The van der Waals surface area contributed by atoms with E-state index < -0.39 is 50.7 Å². The summed E-state index contributed by atoms with van der Waals surface area (Å²) in [6.45, 7) is 0.342. The fraction of sp³-hybridized carbons (Fsp3) is 0.417.